The van der Waals surface area contributed by atoms with Crippen LogP contribution in [0.15, 0.2) is 12.1 Å². The number of nitrogens with zero attached hydrogens (tertiary/aromatic N) is 3. The van der Waals surface area contributed by atoms with Crippen LogP contribution in [-0.2, 0) is 0 Å². The molecule has 0 spiro atoms. The summed E-state index contributed by atoms with van der Waals surface area (Å²) in [5, 5.41) is 18.8. The lowest BCUT2D eigenvalue weighted by Gasteiger charge is -2.38. The van der Waals surface area contributed by atoms with Gasteiger partial charge in [-0.2, -0.15) is 5.26 Å². The predicted octanol–water partition coefficient (Wildman–Crippen LogP) is 1.03. The molecule has 2 saturated heterocycles. The molecule has 2 fully saturated rings. The molecule has 0 aliphatic carbocycles. The van der Waals surface area contributed by atoms with Crippen LogP contribution in [0.3, 0.4) is 0 Å². The number of nitriles is 1. The number of nitrogens with two attached hydrogens (primary N) is 1. The first-order valence-electron chi connectivity index (χ1n) is 6.32. The quantitative estimate of drug-likeness (QED) is 0.770. The van der Waals surface area contributed by atoms with Crippen molar-refractivity contribution in [3.8, 4) is 6.07 Å². The van der Waals surface area contributed by atoms with Crippen molar-refractivity contribution in [2.24, 2.45) is 0 Å². The number of aliphatic hydroxyl groups is 1. The van der Waals surface area contributed by atoms with Crippen LogP contribution in [0.5, 0.6) is 0 Å². The summed E-state index contributed by atoms with van der Waals surface area (Å²) >= 11 is 0. The molecule has 2 aliphatic rings. The van der Waals surface area contributed by atoms with Crippen molar-refractivity contribution in [2.45, 2.75) is 43.9 Å². The molecule has 2 unspecified atom stereocenters. The zero-order valence-corrected chi connectivity index (χ0v) is 10.1. The first-order chi connectivity index (χ1) is 8.69. The number of aromatic nitrogens is 1. The third kappa shape index (κ3) is 1.70. The fourth-order valence-electron chi connectivity index (χ4n) is 3.22. The van der Waals surface area contributed by atoms with E-state index >= 15 is 0 Å². The number of nitrogen functional groups attached to an aromatic ring is 1. The number of fused-ring (bicyclic) bond motifs is 2. The molecule has 3 heterocycles. The van der Waals surface area contributed by atoms with Crippen LogP contribution in [0.2, 0.25) is 0 Å². The van der Waals surface area contributed by atoms with Gasteiger partial charge in [0.15, 0.2) is 5.69 Å². The maximum atomic E-state index is 9.78. The van der Waals surface area contributed by atoms with E-state index in [1.165, 1.54) is 0 Å². The van der Waals surface area contributed by atoms with Gasteiger partial charge in [0.2, 0.25) is 0 Å². The van der Waals surface area contributed by atoms with E-state index in [0.717, 1.165) is 31.5 Å². The van der Waals surface area contributed by atoms with Crippen LogP contribution in [0.4, 0.5) is 11.5 Å². The van der Waals surface area contributed by atoms with E-state index in [2.05, 4.69) is 9.88 Å². The van der Waals surface area contributed by atoms with Gasteiger partial charge in [0, 0.05) is 12.1 Å². The van der Waals surface area contributed by atoms with Gasteiger partial charge in [0.05, 0.1) is 11.8 Å². The minimum Gasteiger partial charge on any atom is -0.396 e. The Hall–Kier alpha value is -1.80. The first-order valence-corrected chi connectivity index (χ1v) is 6.32. The lowest BCUT2D eigenvalue weighted by Crippen LogP contribution is -2.45. The zero-order valence-electron chi connectivity index (χ0n) is 10.1. The van der Waals surface area contributed by atoms with Crippen molar-refractivity contribution in [3.05, 3.63) is 17.8 Å². The van der Waals surface area contributed by atoms with Gasteiger partial charge in [-0.25, -0.2) is 4.98 Å². The maximum absolute atomic E-state index is 9.78. The average molecular weight is 244 g/mol. The molecule has 0 radical (unpaired) electrons. The van der Waals surface area contributed by atoms with Crippen LogP contribution in [0, 0.1) is 11.3 Å². The molecule has 0 amide bonds. The van der Waals surface area contributed by atoms with Gasteiger partial charge in [-0.05, 0) is 37.8 Å². The molecule has 2 atom stereocenters. The van der Waals surface area contributed by atoms with Crippen LogP contribution < -0.4 is 10.6 Å². The van der Waals surface area contributed by atoms with Gasteiger partial charge in [-0.3, -0.25) is 0 Å². The number of rotatable bonds is 1. The van der Waals surface area contributed by atoms with E-state index in [-0.39, 0.29) is 11.8 Å². The number of pyridine rings is 1. The monoisotopic (exact) mass is 244 g/mol. The second-order valence-corrected chi connectivity index (χ2v) is 5.14. The molecule has 0 aromatic carbocycles. The van der Waals surface area contributed by atoms with Crippen LogP contribution >= 0.6 is 0 Å². The Morgan fingerprint density at radius 2 is 2.00 bits per heavy atom. The normalized spacial score (nSPS) is 30.2. The van der Waals surface area contributed by atoms with Crippen molar-refractivity contribution in [1.29, 1.82) is 5.26 Å². The molecule has 1 aromatic rings. The molecule has 0 saturated carbocycles. The standard InChI is InChI=1S/C13H16N4O/c14-7-12-11(15)3-4-13(16-12)17-8-1-2-9(17)6-10(18)5-8/h3-4,8-10,18H,1-2,5-6,15H2. The lowest BCUT2D eigenvalue weighted by atomic mass is 10.00. The Balaban J connectivity index is 1.94. The van der Waals surface area contributed by atoms with E-state index in [4.69, 9.17) is 11.0 Å². The summed E-state index contributed by atoms with van der Waals surface area (Å²) in [5.74, 6) is 0.820. The van der Waals surface area contributed by atoms with Gasteiger partial charge in [-0.15, -0.1) is 0 Å². The third-order valence-electron chi connectivity index (χ3n) is 3.99. The predicted molar refractivity (Wildman–Crippen MR) is 67.9 cm³/mol. The average Bonchev–Trinajstić information content (AvgIpc) is 2.63. The molecule has 94 valence electrons. The number of anilines is 2. The smallest absolute Gasteiger partial charge is 0.165 e. The number of piperidine rings is 1. The molecule has 5 nitrogen and oxygen atoms in total. The summed E-state index contributed by atoms with van der Waals surface area (Å²) in [6.07, 6.45) is 3.59. The largest absolute Gasteiger partial charge is 0.396 e. The highest BCUT2D eigenvalue weighted by molar-refractivity contribution is 5.56. The highest BCUT2D eigenvalue weighted by atomic mass is 16.3. The van der Waals surface area contributed by atoms with Gasteiger partial charge in [0.25, 0.3) is 0 Å². The minimum atomic E-state index is -0.192. The minimum absolute atomic E-state index is 0.192. The van der Waals surface area contributed by atoms with Crippen LogP contribution in [0.1, 0.15) is 31.4 Å². The molecule has 5 heteroatoms. The molecule has 3 N–H and O–H groups in total. The summed E-state index contributed by atoms with van der Waals surface area (Å²) in [6.45, 7) is 0. The Morgan fingerprint density at radius 1 is 1.33 bits per heavy atom. The summed E-state index contributed by atoms with van der Waals surface area (Å²) in [5.41, 5.74) is 6.40. The molecular formula is C13H16N4O. The molecule has 18 heavy (non-hydrogen) atoms. The number of aliphatic hydroxyl groups excluding tert-OH is 1. The van der Waals surface area contributed by atoms with E-state index in [9.17, 15) is 5.11 Å². The van der Waals surface area contributed by atoms with Crippen molar-refractivity contribution in [3.63, 3.8) is 0 Å². The Morgan fingerprint density at radius 3 is 2.61 bits per heavy atom. The molecule has 1 aromatic heterocycles. The molecule has 2 bridgehead atoms. The van der Waals surface area contributed by atoms with Gasteiger partial charge < -0.3 is 15.7 Å². The third-order valence-corrected chi connectivity index (χ3v) is 3.99. The Bertz CT molecular complexity index is 496. The first kappa shape index (κ1) is 11.3. The van der Waals surface area contributed by atoms with Crippen LogP contribution in [0.25, 0.3) is 0 Å². The molecular weight excluding hydrogens is 228 g/mol. The summed E-state index contributed by atoms with van der Waals surface area (Å²) in [4.78, 5) is 6.60. The second-order valence-electron chi connectivity index (χ2n) is 5.14. The zero-order chi connectivity index (χ0) is 12.7. The SMILES string of the molecule is N#Cc1nc(N2C3CCC2CC(O)C3)ccc1N. The summed E-state index contributed by atoms with van der Waals surface area (Å²) in [7, 11) is 0. The topological polar surface area (TPSA) is 86.2 Å². The summed E-state index contributed by atoms with van der Waals surface area (Å²) in [6, 6.07) is 6.33. The molecule has 2 aliphatic heterocycles. The molecule has 3 rings (SSSR count). The highest BCUT2D eigenvalue weighted by Crippen LogP contribution is 2.38. The van der Waals surface area contributed by atoms with Crippen molar-refractivity contribution in [2.75, 3.05) is 10.6 Å². The van der Waals surface area contributed by atoms with Crippen LogP contribution in [-0.4, -0.2) is 28.3 Å². The Labute approximate surface area is 106 Å². The van der Waals surface area contributed by atoms with Crippen molar-refractivity contribution >= 4 is 11.5 Å². The second kappa shape index (κ2) is 4.14. The summed E-state index contributed by atoms with van der Waals surface area (Å²) < 4.78 is 0. The van der Waals surface area contributed by atoms with Gasteiger partial charge >= 0.3 is 0 Å². The van der Waals surface area contributed by atoms with E-state index in [1.807, 2.05) is 12.1 Å². The lowest BCUT2D eigenvalue weighted by molar-refractivity contribution is 0.126. The fourth-order valence-corrected chi connectivity index (χ4v) is 3.22. The number of hydrogen-bond acceptors (Lipinski definition) is 5. The van der Waals surface area contributed by atoms with Crippen molar-refractivity contribution in [1.82, 2.24) is 4.98 Å². The number of hydrogen-bond donors (Lipinski definition) is 2. The van der Waals surface area contributed by atoms with E-state index in [0.29, 0.717) is 17.8 Å². The van der Waals surface area contributed by atoms with Gasteiger partial charge in [0.1, 0.15) is 11.9 Å². The maximum Gasteiger partial charge on any atom is 0.165 e. The van der Waals surface area contributed by atoms with E-state index in [1.54, 1.807) is 6.07 Å². The fraction of sp³-hybridized carbons (Fsp3) is 0.538. The Kier molecular flexibility index (Phi) is 2.60. The van der Waals surface area contributed by atoms with E-state index < -0.39 is 0 Å². The highest BCUT2D eigenvalue weighted by Gasteiger charge is 2.40. The van der Waals surface area contributed by atoms with Crippen molar-refractivity contribution < 1.29 is 5.11 Å². The van der Waals surface area contributed by atoms with Gasteiger partial charge in [-0.1, -0.05) is 0 Å².